The number of carboxylic acid groups (broad SMARTS) is 2. The minimum Gasteiger partial charge on any atom is -0.481 e. The standard InChI is InChI=1S/C45H65NO11/c1-39(2)27-11-15-41(4)34-23(9-10-24(42(27,34)5)18-29(39)56-36-32(50)30(48)31(49)33(57-36)35(51)52)17-28-43(41,13-8-16-47)20-25-21-46-37-40(3)12-7-14-44(28,37)45(25,38(53)54)26(19-40)22-55-6/h7,14,16-17,23-27,29-34,36-37,46,48-50H,8-13,15,18-22H2,1-6H3,(H,51,52)(H,53,54). The lowest BCUT2D eigenvalue weighted by Gasteiger charge is -2.81. The third-order valence-electron chi connectivity index (χ3n) is 19.4. The van der Waals surface area contributed by atoms with Gasteiger partial charge in [-0.3, -0.25) is 4.79 Å². The minimum absolute atomic E-state index is 0.0507. The van der Waals surface area contributed by atoms with Gasteiger partial charge in [0.05, 0.1) is 18.1 Å². The number of aliphatic hydroxyl groups excluding tert-OH is 3. The highest BCUT2D eigenvalue weighted by Gasteiger charge is 2.83. The number of piperidine rings is 1. The summed E-state index contributed by atoms with van der Waals surface area (Å²) in [5, 5.41) is 57.5. The van der Waals surface area contributed by atoms with Crippen molar-refractivity contribution in [2.75, 3.05) is 20.3 Å². The largest absolute Gasteiger partial charge is 0.481 e. The number of aldehydes is 1. The van der Waals surface area contributed by atoms with Gasteiger partial charge < -0.3 is 49.9 Å². The Kier molecular flexibility index (Phi) is 9.11. The van der Waals surface area contributed by atoms with Crippen molar-refractivity contribution in [3.8, 4) is 0 Å². The number of ether oxygens (including phenoxy) is 3. The highest BCUT2D eigenvalue weighted by atomic mass is 16.7. The lowest BCUT2D eigenvalue weighted by molar-refractivity contribution is -0.334. The molecule has 12 nitrogen and oxygen atoms in total. The summed E-state index contributed by atoms with van der Waals surface area (Å²) in [5.41, 5.74) is -1.89. The maximum atomic E-state index is 14.4. The maximum absolute atomic E-state index is 14.4. The van der Waals surface area contributed by atoms with Gasteiger partial charge in [-0.25, -0.2) is 4.79 Å². The lowest BCUT2D eigenvalue weighted by atomic mass is 9.24. The molecule has 0 aromatic rings. The lowest BCUT2D eigenvalue weighted by Crippen LogP contribution is -2.82. The number of carboxylic acids is 2. The first-order valence-corrected chi connectivity index (χ1v) is 21.7. The summed E-state index contributed by atoms with van der Waals surface area (Å²) in [7, 11) is 1.70. The minimum atomic E-state index is -1.79. The molecule has 0 aromatic heterocycles. The normalized spacial score (nSPS) is 55.1. The van der Waals surface area contributed by atoms with E-state index >= 15 is 0 Å². The molecule has 9 aliphatic rings. The number of hydrogen-bond donors (Lipinski definition) is 6. The number of carbonyl (C=O) groups is 3. The van der Waals surface area contributed by atoms with E-state index in [9.17, 15) is 39.9 Å². The van der Waals surface area contributed by atoms with E-state index in [1.165, 1.54) is 5.57 Å². The quantitative estimate of drug-likeness (QED) is 0.110. The van der Waals surface area contributed by atoms with Crippen LogP contribution in [0.3, 0.4) is 0 Å². The topological polar surface area (TPSA) is 192 Å². The number of hydrogen-bond acceptors (Lipinski definition) is 10. The van der Waals surface area contributed by atoms with Crippen LogP contribution in [0.2, 0.25) is 0 Å². The fourth-order valence-electron chi connectivity index (χ4n) is 17.6. The summed E-state index contributed by atoms with van der Waals surface area (Å²) in [5.74, 6) is -1.56. The van der Waals surface area contributed by atoms with E-state index in [1.54, 1.807) is 7.11 Å². The third-order valence-corrected chi connectivity index (χ3v) is 19.4. The smallest absolute Gasteiger partial charge is 0.335 e. The molecule has 9 rings (SSSR count). The zero-order valence-electron chi connectivity index (χ0n) is 34.5. The van der Waals surface area contributed by atoms with E-state index in [0.717, 1.165) is 44.8 Å². The molecule has 0 aromatic carbocycles. The molecule has 0 radical (unpaired) electrons. The highest BCUT2D eigenvalue weighted by molar-refractivity contribution is 5.81. The molecule has 316 valence electrons. The molecule has 2 saturated heterocycles. The Morgan fingerprint density at radius 2 is 1.75 bits per heavy atom. The summed E-state index contributed by atoms with van der Waals surface area (Å²) in [6.45, 7) is 12.8. The van der Waals surface area contributed by atoms with Crippen LogP contribution in [0, 0.1) is 73.4 Å². The van der Waals surface area contributed by atoms with Crippen molar-refractivity contribution < 1.29 is 54.1 Å². The molecule has 19 atom stereocenters. The number of rotatable bonds is 9. The Bertz CT molecular complexity index is 1760. The molecule has 12 heteroatoms. The highest BCUT2D eigenvalue weighted by Crippen LogP contribution is 2.84. The van der Waals surface area contributed by atoms with E-state index in [1.807, 2.05) is 0 Å². The van der Waals surface area contributed by atoms with Crippen LogP contribution in [0.4, 0.5) is 0 Å². The molecule has 2 heterocycles. The first-order valence-electron chi connectivity index (χ1n) is 21.7. The zero-order valence-corrected chi connectivity index (χ0v) is 34.5. The van der Waals surface area contributed by atoms with Crippen LogP contribution in [-0.2, 0) is 28.6 Å². The van der Waals surface area contributed by atoms with Crippen molar-refractivity contribution in [1.29, 1.82) is 0 Å². The molecule has 5 bridgehead atoms. The number of aliphatic carboxylic acids is 2. The second kappa shape index (κ2) is 12.9. The Morgan fingerprint density at radius 3 is 2.44 bits per heavy atom. The molecule has 57 heavy (non-hydrogen) atoms. The second-order valence-corrected chi connectivity index (χ2v) is 21.5. The molecule has 6 N–H and O–H groups in total. The van der Waals surface area contributed by atoms with Gasteiger partial charge in [0.15, 0.2) is 12.4 Å². The second-order valence-electron chi connectivity index (χ2n) is 21.5. The zero-order chi connectivity index (χ0) is 40.9. The number of aliphatic hydroxyl groups is 3. The number of fused-ring (bicyclic) bond motifs is 2. The van der Waals surface area contributed by atoms with E-state index in [0.29, 0.717) is 38.8 Å². The van der Waals surface area contributed by atoms with E-state index in [-0.39, 0.29) is 57.8 Å². The van der Waals surface area contributed by atoms with Gasteiger partial charge in [-0.1, -0.05) is 58.4 Å². The van der Waals surface area contributed by atoms with Crippen molar-refractivity contribution in [1.82, 2.24) is 5.32 Å². The Balaban J connectivity index is 1.17. The van der Waals surface area contributed by atoms with Crippen LogP contribution < -0.4 is 5.32 Å². The van der Waals surface area contributed by atoms with Crippen LogP contribution in [0.25, 0.3) is 0 Å². The summed E-state index contributed by atoms with van der Waals surface area (Å²) >= 11 is 0. The monoisotopic (exact) mass is 795 g/mol. The van der Waals surface area contributed by atoms with Gasteiger partial charge in [-0.2, -0.15) is 0 Å². The maximum Gasteiger partial charge on any atom is 0.335 e. The average molecular weight is 796 g/mol. The van der Waals surface area contributed by atoms with Crippen molar-refractivity contribution in [2.45, 2.75) is 142 Å². The van der Waals surface area contributed by atoms with E-state index in [2.05, 4.69) is 58.2 Å². The molecule has 1 spiro atoms. The fraction of sp³-hybridized carbons (Fsp3) is 0.844. The molecule has 7 aliphatic carbocycles. The predicted molar refractivity (Wildman–Crippen MR) is 206 cm³/mol. The first kappa shape index (κ1) is 40.2. The van der Waals surface area contributed by atoms with Gasteiger partial charge in [0.25, 0.3) is 0 Å². The van der Waals surface area contributed by atoms with Gasteiger partial charge in [-0.15, -0.1) is 0 Å². The molecule has 5 saturated carbocycles. The van der Waals surface area contributed by atoms with Crippen molar-refractivity contribution in [2.24, 2.45) is 73.4 Å². The number of methoxy groups -OCH3 is 1. The summed E-state index contributed by atoms with van der Waals surface area (Å²) in [6, 6.07) is -0.0507. The van der Waals surface area contributed by atoms with Crippen molar-refractivity contribution >= 4 is 18.2 Å². The van der Waals surface area contributed by atoms with Crippen molar-refractivity contribution in [3.05, 3.63) is 23.8 Å². The van der Waals surface area contributed by atoms with Gasteiger partial charge in [0, 0.05) is 30.9 Å². The number of allylic oxidation sites excluding steroid dienone is 2. The number of nitrogens with one attached hydrogen (secondary N) is 1. The van der Waals surface area contributed by atoms with Crippen LogP contribution in [-0.4, -0.2) is 107 Å². The SMILES string of the molecule is COCC1CC2(C)CC=CC34C5=CC6CCC7CC(OC8OC(C(=O)O)C(O)C(O)C8O)C(C)(C)C8CCC(C)(C6C78C)C5(CCC=O)CC(CNC23)C14C(=O)O. The molecule has 19 unspecified atom stereocenters. The van der Waals surface area contributed by atoms with Gasteiger partial charge in [0.1, 0.15) is 24.6 Å². The average Bonchev–Trinajstić information content (AvgIpc) is 3.13. The van der Waals surface area contributed by atoms with Gasteiger partial charge >= 0.3 is 11.9 Å². The van der Waals surface area contributed by atoms with E-state index < -0.39 is 70.4 Å². The summed E-state index contributed by atoms with van der Waals surface area (Å²) in [6.07, 6.45) is 7.40. The van der Waals surface area contributed by atoms with Crippen LogP contribution in [0.5, 0.6) is 0 Å². The molecular formula is C45H65NO11. The third kappa shape index (κ3) is 4.67. The van der Waals surface area contributed by atoms with Crippen LogP contribution in [0.15, 0.2) is 23.8 Å². The summed E-state index contributed by atoms with van der Waals surface area (Å²) in [4.78, 5) is 38.9. The molecule has 0 amide bonds. The van der Waals surface area contributed by atoms with Crippen LogP contribution in [0.1, 0.15) is 98.8 Å². The molecule has 2 aliphatic heterocycles. The first-order chi connectivity index (χ1) is 26.9. The van der Waals surface area contributed by atoms with Crippen molar-refractivity contribution in [3.63, 3.8) is 0 Å². The molecular weight excluding hydrogens is 730 g/mol. The molecule has 7 fully saturated rings. The number of carbonyl (C=O) groups excluding carboxylic acids is 1. The fourth-order valence-corrected chi connectivity index (χ4v) is 17.6. The van der Waals surface area contributed by atoms with E-state index in [4.69, 9.17) is 14.2 Å². The Hall–Kier alpha value is -2.19. The Morgan fingerprint density at radius 1 is 1.00 bits per heavy atom. The van der Waals surface area contributed by atoms with Gasteiger partial charge in [0.2, 0.25) is 0 Å². The van der Waals surface area contributed by atoms with Crippen LogP contribution >= 0.6 is 0 Å². The Labute approximate surface area is 336 Å². The summed E-state index contributed by atoms with van der Waals surface area (Å²) < 4.78 is 18.2. The van der Waals surface area contributed by atoms with Gasteiger partial charge in [-0.05, 0) is 121 Å². The predicted octanol–water partition coefficient (Wildman–Crippen LogP) is 4.35.